The van der Waals surface area contributed by atoms with Crippen molar-refractivity contribution < 1.29 is 13.7 Å². The molecule has 0 radical (unpaired) electrons. The second-order valence-electron chi connectivity index (χ2n) is 5.83. The first kappa shape index (κ1) is 16.3. The SMILES string of the molecule is CC(C)C(C)(C)CNc1ccc([N+](=O)[O-])cc1C(F)F. The Hall–Kier alpha value is -1.72. The van der Waals surface area contributed by atoms with Crippen molar-refractivity contribution in [3.63, 3.8) is 0 Å². The number of rotatable bonds is 6. The van der Waals surface area contributed by atoms with Crippen molar-refractivity contribution in [2.24, 2.45) is 11.3 Å². The van der Waals surface area contributed by atoms with E-state index in [0.29, 0.717) is 12.5 Å². The number of nitrogens with zero attached hydrogens (tertiary/aromatic N) is 1. The maximum Gasteiger partial charge on any atom is 0.270 e. The normalized spacial score (nSPS) is 12.0. The molecule has 0 aliphatic heterocycles. The molecule has 20 heavy (non-hydrogen) atoms. The van der Waals surface area contributed by atoms with E-state index in [9.17, 15) is 18.9 Å². The average molecular weight is 286 g/mol. The van der Waals surface area contributed by atoms with E-state index in [2.05, 4.69) is 19.2 Å². The predicted molar refractivity (Wildman–Crippen MR) is 75.2 cm³/mol. The summed E-state index contributed by atoms with van der Waals surface area (Å²) in [4.78, 5) is 9.96. The maximum absolute atomic E-state index is 13.0. The zero-order valence-corrected chi connectivity index (χ0v) is 12.1. The van der Waals surface area contributed by atoms with Crippen LogP contribution in [0.15, 0.2) is 18.2 Å². The lowest BCUT2D eigenvalue weighted by molar-refractivity contribution is -0.385. The van der Waals surface area contributed by atoms with Crippen molar-refractivity contribution in [3.8, 4) is 0 Å². The van der Waals surface area contributed by atoms with Crippen molar-refractivity contribution in [2.75, 3.05) is 11.9 Å². The zero-order chi connectivity index (χ0) is 15.5. The molecule has 0 spiro atoms. The van der Waals surface area contributed by atoms with Gasteiger partial charge in [-0.25, -0.2) is 8.78 Å². The molecular weight excluding hydrogens is 266 g/mol. The number of anilines is 1. The fourth-order valence-electron chi connectivity index (χ4n) is 1.53. The monoisotopic (exact) mass is 286 g/mol. The van der Waals surface area contributed by atoms with Crippen LogP contribution in [0.1, 0.15) is 39.7 Å². The van der Waals surface area contributed by atoms with Gasteiger partial charge in [-0.2, -0.15) is 0 Å². The van der Waals surface area contributed by atoms with Gasteiger partial charge in [0.25, 0.3) is 12.1 Å². The first-order chi connectivity index (χ1) is 9.15. The minimum atomic E-state index is -2.75. The van der Waals surface area contributed by atoms with E-state index in [-0.39, 0.29) is 22.4 Å². The van der Waals surface area contributed by atoms with Crippen LogP contribution in [0.2, 0.25) is 0 Å². The third kappa shape index (κ3) is 3.88. The van der Waals surface area contributed by atoms with E-state index < -0.39 is 11.3 Å². The predicted octanol–water partition coefficient (Wildman–Crippen LogP) is 4.63. The van der Waals surface area contributed by atoms with Gasteiger partial charge < -0.3 is 5.32 Å². The van der Waals surface area contributed by atoms with Crippen molar-refractivity contribution in [3.05, 3.63) is 33.9 Å². The van der Waals surface area contributed by atoms with Crippen molar-refractivity contribution in [1.82, 2.24) is 0 Å². The van der Waals surface area contributed by atoms with Gasteiger partial charge in [-0.15, -0.1) is 0 Å². The molecule has 1 N–H and O–H groups in total. The highest BCUT2D eigenvalue weighted by Gasteiger charge is 2.24. The van der Waals surface area contributed by atoms with E-state index in [0.717, 1.165) is 6.07 Å². The molecule has 0 fully saturated rings. The molecule has 0 saturated heterocycles. The summed E-state index contributed by atoms with van der Waals surface area (Å²) >= 11 is 0. The van der Waals surface area contributed by atoms with Gasteiger partial charge in [0.1, 0.15) is 0 Å². The number of alkyl halides is 2. The second-order valence-corrected chi connectivity index (χ2v) is 5.83. The number of halogens is 2. The van der Waals surface area contributed by atoms with Crippen LogP contribution in [0.3, 0.4) is 0 Å². The van der Waals surface area contributed by atoms with Crippen LogP contribution in [-0.2, 0) is 0 Å². The van der Waals surface area contributed by atoms with Gasteiger partial charge in [0, 0.05) is 29.9 Å². The number of hydrogen-bond donors (Lipinski definition) is 1. The van der Waals surface area contributed by atoms with Crippen LogP contribution < -0.4 is 5.32 Å². The Balaban J connectivity index is 2.98. The molecule has 0 atom stereocenters. The molecule has 0 unspecified atom stereocenters. The molecule has 0 aliphatic rings. The Morgan fingerprint density at radius 3 is 2.40 bits per heavy atom. The van der Waals surface area contributed by atoms with Gasteiger partial charge in [0.15, 0.2) is 0 Å². The van der Waals surface area contributed by atoms with E-state index >= 15 is 0 Å². The van der Waals surface area contributed by atoms with E-state index in [1.54, 1.807) is 0 Å². The third-order valence-electron chi connectivity index (χ3n) is 3.78. The van der Waals surface area contributed by atoms with Crippen molar-refractivity contribution >= 4 is 11.4 Å². The number of nitro benzene ring substituents is 1. The first-order valence-electron chi connectivity index (χ1n) is 6.45. The molecule has 0 saturated carbocycles. The van der Waals surface area contributed by atoms with E-state index in [1.165, 1.54) is 12.1 Å². The van der Waals surface area contributed by atoms with Gasteiger partial charge in [-0.1, -0.05) is 27.7 Å². The summed E-state index contributed by atoms with van der Waals surface area (Å²) in [7, 11) is 0. The maximum atomic E-state index is 13.0. The van der Waals surface area contributed by atoms with Gasteiger partial charge in [-0.3, -0.25) is 10.1 Å². The number of nitro groups is 1. The number of hydrogen-bond acceptors (Lipinski definition) is 3. The van der Waals surface area contributed by atoms with Gasteiger partial charge >= 0.3 is 0 Å². The van der Waals surface area contributed by atoms with Crippen LogP contribution in [0.25, 0.3) is 0 Å². The lowest BCUT2D eigenvalue weighted by atomic mass is 9.81. The van der Waals surface area contributed by atoms with Crippen molar-refractivity contribution in [1.29, 1.82) is 0 Å². The van der Waals surface area contributed by atoms with Crippen LogP contribution in [0.4, 0.5) is 20.2 Å². The summed E-state index contributed by atoms with van der Waals surface area (Å²) in [6.07, 6.45) is -2.75. The summed E-state index contributed by atoms with van der Waals surface area (Å²) < 4.78 is 26.0. The van der Waals surface area contributed by atoms with Crippen LogP contribution in [-0.4, -0.2) is 11.5 Å². The lowest BCUT2D eigenvalue weighted by Gasteiger charge is -2.30. The standard InChI is InChI=1S/C14H20F2N2O2/c1-9(2)14(3,4)8-17-12-6-5-10(18(19)20)7-11(12)13(15)16/h5-7,9,13,17H,8H2,1-4H3. The van der Waals surface area contributed by atoms with E-state index in [4.69, 9.17) is 0 Å². The smallest absolute Gasteiger partial charge is 0.270 e. The van der Waals surface area contributed by atoms with Crippen LogP contribution >= 0.6 is 0 Å². The summed E-state index contributed by atoms with van der Waals surface area (Å²) in [5, 5.41) is 13.6. The number of non-ortho nitro benzene ring substituents is 1. The highest BCUT2D eigenvalue weighted by Crippen LogP contribution is 2.32. The average Bonchev–Trinajstić information content (AvgIpc) is 2.35. The van der Waals surface area contributed by atoms with Crippen molar-refractivity contribution in [2.45, 2.75) is 34.1 Å². The Bertz CT molecular complexity index is 488. The zero-order valence-electron chi connectivity index (χ0n) is 12.1. The highest BCUT2D eigenvalue weighted by atomic mass is 19.3. The highest BCUT2D eigenvalue weighted by molar-refractivity contribution is 5.56. The molecule has 0 amide bonds. The molecule has 0 aromatic heterocycles. The quantitative estimate of drug-likeness (QED) is 0.613. The number of benzene rings is 1. The van der Waals surface area contributed by atoms with Crippen LogP contribution in [0.5, 0.6) is 0 Å². The molecule has 4 nitrogen and oxygen atoms in total. The Kier molecular flexibility index (Phi) is 5.03. The minimum Gasteiger partial charge on any atom is -0.384 e. The molecule has 0 bridgehead atoms. The molecule has 1 rings (SSSR count). The topological polar surface area (TPSA) is 55.2 Å². The molecular formula is C14H20F2N2O2. The molecule has 112 valence electrons. The molecule has 6 heteroatoms. The Morgan fingerprint density at radius 1 is 1.35 bits per heavy atom. The summed E-state index contributed by atoms with van der Waals surface area (Å²) in [5.41, 5.74) is -0.478. The van der Waals surface area contributed by atoms with Gasteiger partial charge in [-0.05, 0) is 17.4 Å². The second kappa shape index (κ2) is 6.15. The summed E-state index contributed by atoms with van der Waals surface area (Å²) in [6, 6.07) is 3.50. The van der Waals surface area contributed by atoms with E-state index in [1.807, 2.05) is 13.8 Å². The largest absolute Gasteiger partial charge is 0.384 e. The van der Waals surface area contributed by atoms with Gasteiger partial charge in [0.05, 0.1) is 4.92 Å². The first-order valence-corrected chi connectivity index (χ1v) is 6.45. The molecule has 1 aromatic rings. The Morgan fingerprint density at radius 2 is 1.95 bits per heavy atom. The number of nitrogens with one attached hydrogen (secondary N) is 1. The lowest BCUT2D eigenvalue weighted by Crippen LogP contribution is -2.28. The summed E-state index contributed by atoms with van der Waals surface area (Å²) in [5.74, 6) is 0.378. The third-order valence-corrected chi connectivity index (χ3v) is 3.78. The fraction of sp³-hybridized carbons (Fsp3) is 0.571. The Labute approximate surface area is 117 Å². The van der Waals surface area contributed by atoms with Gasteiger partial charge in [0.2, 0.25) is 0 Å². The molecule has 0 heterocycles. The molecule has 0 aliphatic carbocycles. The minimum absolute atomic E-state index is 0.0683. The van der Waals surface area contributed by atoms with Crippen LogP contribution in [0, 0.1) is 21.4 Å². The molecule has 1 aromatic carbocycles. The fourth-order valence-corrected chi connectivity index (χ4v) is 1.53. The summed E-state index contributed by atoms with van der Waals surface area (Å²) in [6.45, 7) is 8.72.